The van der Waals surface area contributed by atoms with E-state index in [0.29, 0.717) is 35.8 Å². The zero-order valence-corrected chi connectivity index (χ0v) is 18.4. The van der Waals surface area contributed by atoms with Gasteiger partial charge in [-0.2, -0.15) is 9.30 Å². The van der Waals surface area contributed by atoms with E-state index in [-0.39, 0.29) is 0 Å². The molecule has 1 aromatic carbocycles. The Morgan fingerprint density at radius 3 is 2.62 bits per heavy atom. The summed E-state index contributed by atoms with van der Waals surface area (Å²) in [6.07, 6.45) is 4.87. The summed E-state index contributed by atoms with van der Waals surface area (Å²) in [5, 5.41) is 0. The summed E-state index contributed by atoms with van der Waals surface area (Å²) >= 11 is 1.34. The van der Waals surface area contributed by atoms with Gasteiger partial charge < -0.3 is 14.0 Å². The molecular weight excluding hydrogens is 414 g/mol. The van der Waals surface area contributed by atoms with Crippen LogP contribution in [-0.4, -0.2) is 56.3 Å². The molecule has 2 heterocycles. The summed E-state index contributed by atoms with van der Waals surface area (Å²) in [5.74, 6) is 0.711. The number of ether oxygens (including phenoxy) is 2. The summed E-state index contributed by atoms with van der Waals surface area (Å²) in [6.45, 7) is 4.58. The summed E-state index contributed by atoms with van der Waals surface area (Å²) in [6, 6.07) is 2.91. The molecule has 0 spiro atoms. The molecule has 1 fully saturated rings. The van der Waals surface area contributed by atoms with Crippen molar-refractivity contribution in [2.24, 2.45) is 4.99 Å². The van der Waals surface area contributed by atoms with Gasteiger partial charge in [-0.3, -0.25) is 4.79 Å². The number of hydrogen-bond donors (Lipinski definition) is 0. The number of allylic oxidation sites excluding steroid dienone is 1. The Bertz CT molecular complexity index is 1100. The lowest BCUT2D eigenvalue weighted by atomic mass is 10.0. The Labute approximate surface area is 174 Å². The third-order valence-corrected chi connectivity index (χ3v) is 7.20. The Hall–Kier alpha value is -2.17. The van der Waals surface area contributed by atoms with Crippen LogP contribution in [-0.2, 0) is 21.4 Å². The summed E-state index contributed by atoms with van der Waals surface area (Å²) in [7, 11) is -0.352. The molecule has 0 bridgehead atoms. The normalized spacial score (nSPS) is 18.7. The van der Waals surface area contributed by atoms with Crippen molar-refractivity contribution in [2.45, 2.75) is 31.8 Å². The van der Waals surface area contributed by atoms with Crippen LogP contribution in [0.1, 0.15) is 19.3 Å². The number of carbonyl (C=O) groups is 1. The van der Waals surface area contributed by atoms with E-state index >= 15 is 0 Å². The standard InChI is InChI=1S/C19H25N3O5S2/c1-5-9-21-14-11-15(26-2)16(27-3)12-17(14)28-19(21)20-18(23)13-8-6-7-10-22(13)29(4,24)25/h5,11-13H,1,6-10H2,2-4H3. The van der Waals surface area contributed by atoms with E-state index in [9.17, 15) is 13.2 Å². The fraction of sp³-hybridized carbons (Fsp3) is 0.474. The second-order valence-corrected chi connectivity index (χ2v) is 9.74. The first kappa shape index (κ1) is 21.5. The van der Waals surface area contributed by atoms with Gasteiger partial charge in [-0.25, -0.2) is 8.42 Å². The summed E-state index contributed by atoms with van der Waals surface area (Å²) in [5.41, 5.74) is 0.836. The van der Waals surface area contributed by atoms with Crippen molar-refractivity contribution in [3.8, 4) is 11.5 Å². The van der Waals surface area contributed by atoms with Crippen molar-refractivity contribution < 1.29 is 22.7 Å². The molecule has 2 aromatic rings. The number of fused-ring (bicyclic) bond motifs is 1. The minimum atomic E-state index is -3.48. The molecule has 10 heteroatoms. The Morgan fingerprint density at radius 2 is 2.00 bits per heavy atom. The molecule has 0 saturated carbocycles. The van der Waals surface area contributed by atoms with Crippen molar-refractivity contribution in [3.05, 3.63) is 29.6 Å². The van der Waals surface area contributed by atoms with Gasteiger partial charge in [0.1, 0.15) is 6.04 Å². The molecule has 1 unspecified atom stereocenters. The third kappa shape index (κ3) is 4.39. The number of benzene rings is 1. The highest BCUT2D eigenvalue weighted by Crippen LogP contribution is 2.33. The zero-order valence-electron chi connectivity index (χ0n) is 16.8. The van der Waals surface area contributed by atoms with Gasteiger partial charge in [0.15, 0.2) is 16.3 Å². The van der Waals surface area contributed by atoms with Crippen LogP contribution < -0.4 is 14.3 Å². The van der Waals surface area contributed by atoms with Gasteiger partial charge >= 0.3 is 0 Å². The van der Waals surface area contributed by atoms with Crippen LogP contribution in [0.4, 0.5) is 0 Å². The predicted molar refractivity (Wildman–Crippen MR) is 113 cm³/mol. The topological polar surface area (TPSA) is 90.2 Å². The maximum Gasteiger partial charge on any atom is 0.266 e. The molecule has 29 heavy (non-hydrogen) atoms. The minimum Gasteiger partial charge on any atom is -0.493 e. The summed E-state index contributed by atoms with van der Waals surface area (Å²) < 4.78 is 38.9. The predicted octanol–water partition coefficient (Wildman–Crippen LogP) is 2.15. The maximum atomic E-state index is 12.9. The second-order valence-electron chi connectivity index (χ2n) is 6.79. The van der Waals surface area contributed by atoms with Crippen molar-refractivity contribution in [3.63, 3.8) is 0 Å². The fourth-order valence-electron chi connectivity index (χ4n) is 3.51. The highest BCUT2D eigenvalue weighted by Gasteiger charge is 2.34. The van der Waals surface area contributed by atoms with Gasteiger partial charge in [0, 0.05) is 25.2 Å². The first-order valence-corrected chi connectivity index (χ1v) is 11.9. The molecule has 0 N–H and O–H groups in total. The molecule has 3 rings (SSSR count). The van der Waals surface area contributed by atoms with Gasteiger partial charge in [-0.15, -0.1) is 6.58 Å². The molecule has 8 nitrogen and oxygen atoms in total. The number of hydrogen-bond acceptors (Lipinski definition) is 6. The number of amides is 1. The highest BCUT2D eigenvalue weighted by atomic mass is 32.2. The second kappa shape index (κ2) is 8.68. The van der Waals surface area contributed by atoms with E-state index in [1.165, 1.54) is 15.6 Å². The molecule has 1 atom stereocenters. The largest absolute Gasteiger partial charge is 0.493 e. The highest BCUT2D eigenvalue weighted by molar-refractivity contribution is 7.88. The van der Waals surface area contributed by atoms with Gasteiger partial charge in [0.25, 0.3) is 5.91 Å². The lowest BCUT2D eigenvalue weighted by Crippen LogP contribution is -2.47. The number of methoxy groups -OCH3 is 2. The van der Waals surface area contributed by atoms with E-state index in [1.54, 1.807) is 20.3 Å². The van der Waals surface area contributed by atoms with Crippen molar-refractivity contribution in [2.75, 3.05) is 27.0 Å². The van der Waals surface area contributed by atoms with E-state index in [4.69, 9.17) is 9.47 Å². The van der Waals surface area contributed by atoms with Crippen molar-refractivity contribution >= 4 is 37.5 Å². The summed E-state index contributed by atoms with van der Waals surface area (Å²) in [4.78, 5) is 17.8. The molecule has 1 saturated heterocycles. The number of nitrogens with zero attached hydrogens (tertiary/aromatic N) is 3. The van der Waals surface area contributed by atoms with Crippen molar-refractivity contribution in [1.82, 2.24) is 8.87 Å². The van der Waals surface area contributed by atoms with Crippen LogP contribution in [0.2, 0.25) is 0 Å². The first-order valence-electron chi connectivity index (χ1n) is 9.21. The lowest BCUT2D eigenvalue weighted by Gasteiger charge is -2.31. The molecular formula is C19H25N3O5S2. The fourth-order valence-corrected chi connectivity index (χ4v) is 5.68. The third-order valence-electron chi connectivity index (χ3n) is 4.87. The van der Waals surface area contributed by atoms with Gasteiger partial charge in [-0.1, -0.05) is 23.8 Å². The zero-order chi connectivity index (χ0) is 21.2. The van der Waals surface area contributed by atoms with Gasteiger partial charge in [0.2, 0.25) is 10.0 Å². The molecule has 0 aliphatic carbocycles. The van der Waals surface area contributed by atoms with E-state index in [1.807, 2.05) is 16.7 Å². The number of piperidine rings is 1. The molecule has 1 aliphatic heterocycles. The molecule has 1 aromatic heterocycles. The van der Waals surface area contributed by atoms with Crippen LogP contribution in [0.5, 0.6) is 11.5 Å². The van der Waals surface area contributed by atoms with Crippen LogP contribution in [0.15, 0.2) is 29.8 Å². The number of thiazole rings is 1. The lowest BCUT2D eigenvalue weighted by molar-refractivity contribution is -0.122. The quantitative estimate of drug-likeness (QED) is 0.644. The molecule has 0 radical (unpaired) electrons. The van der Waals surface area contributed by atoms with Crippen LogP contribution in [0, 0.1) is 0 Å². The van der Waals surface area contributed by atoms with Crippen molar-refractivity contribution in [1.29, 1.82) is 0 Å². The van der Waals surface area contributed by atoms with Crippen LogP contribution in [0.25, 0.3) is 10.2 Å². The van der Waals surface area contributed by atoms with E-state index in [0.717, 1.165) is 29.3 Å². The minimum absolute atomic E-state index is 0.345. The molecule has 1 amide bonds. The first-order chi connectivity index (χ1) is 13.8. The Morgan fingerprint density at radius 1 is 1.31 bits per heavy atom. The van der Waals surface area contributed by atoms with E-state index in [2.05, 4.69) is 11.6 Å². The Kier molecular flexibility index (Phi) is 6.45. The number of carbonyl (C=O) groups excluding carboxylic acids is 1. The number of aromatic nitrogens is 1. The van der Waals surface area contributed by atoms with Crippen LogP contribution >= 0.6 is 11.3 Å². The SMILES string of the molecule is C=CCn1c(=NC(=O)C2CCCCN2S(C)(=O)=O)sc2cc(OC)c(OC)cc21. The molecule has 1 aliphatic rings. The van der Waals surface area contributed by atoms with Gasteiger partial charge in [-0.05, 0) is 12.8 Å². The smallest absolute Gasteiger partial charge is 0.266 e. The number of rotatable bonds is 6. The maximum absolute atomic E-state index is 12.9. The molecule has 158 valence electrons. The Balaban J connectivity index is 2.12. The van der Waals surface area contributed by atoms with Crippen LogP contribution in [0.3, 0.4) is 0 Å². The average Bonchev–Trinajstić information content (AvgIpc) is 3.02. The average molecular weight is 440 g/mol. The monoisotopic (exact) mass is 439 g/mol. The van der Waals surface area contributed by atoms with Gasteiger partial charge in [0.05, 0.1) is 30.7 Å². The number of sulfonamides is 1. The van der Waals surface area contributed by atoms with E-state index < -0.39 is 22.0 Å².